The van der Waals surface area contributed by atoms with Crippen LogP contribution >= 0.6 is 0 Å². The van der Waals surface area contributed by atoms with Gasteiger partial charge in [0.1, 0.15) is 6.61 Å². The van der Waals surface area contributed by atoms with Gasteiger partial charge in [-0.15, -0.1) is 0 Å². The van der Waals surface area contributed by atoms with E-state index in [1.807, 2.05) is 0 Å². The van der Waals surface area contributed by atoms with E-state index in [4.69, 9.17) is 0 Å². The molecule has 0 radical (unpaired) electrons. The lowest BCUT2D eigenvalue weighted by Gasteiger charge is -1.92. The minimum atomic E-state index is -0.322. The Hall–Kier alpha value is -1.05. The SMILES string of the molecule is C=CCOC(=O)/C=C/C. The Balaban J connectivity index is 3.38. The highest BCUT2D eigenvalue weighted by atomic mass is 16.5. The summed E-state index contributed by atoms with van der Waals surface area (Å²) in [5, 5.41) is 0. The van der Waals surface area contributed by atoms with Crippen molar-refractivity contribution in [1.29, 1.82) is 0 Å². The van der Waals surface area contributed by atoms with E-state index in [2.05, 4.69) is 11.3 Å². The Labute approximate surface area is 54.8 Å². The lowest BCUT2D eigenvalue weighted by Crippen LogP contribution is -1.98. The highest BCUT2D eigenvalue weighted by molar-refractivity contribution is 5.81. The van der Waals surface area contributed by atoms with Crippen LogP contribution in [0.3, 0.4) is 0 Å². The van der Waals surface area contributed by atoms with Gasteiger partial charge in [-0.3, -0.25) is 0 Å². The number of allylic oxidation sites excluding steroid dienone is 1. The third-order valence-corrected chi connectivity index (χ3v) is 0.646. The summed E-state index contributed by atoms with van der Waals surface area (Å²) < 4.78 is 4.59. The van der Waals surface area contributed by atoms with Crippen molar-refractivity contribution in [3.05, 3.63) is 24.8 Å². The largest absolute Gasteiger partial charge is 0.458 e. The van der Waals surface area contributed by atoms with Crippen molar-refractivity contribution in [1.82, 2.24) is 0 Å². The first-order valence-corrected chi connectivity index (χ1v) is 2.71. The molecule has 0 rings (SSSR count). The quantitative estimate of drug-likeness (QED) is 0.323. The molecule has 0 aliphatic carbocycles. The predicted octanol–water partition coefficient (Wildman–Crippen LogP) is 1.29. The standard InChI is InChI=1S/C7H10O2/c1-3-5-7(8)9-6-4-2/h3-5H,2,6H2,1H3/b5-3+. The molecule has 2 nitrogen and oxygen atoms in total. The molecule has 0 spiro atoms. The van der Waals surface area contributed by atoms with Gasteiger partial charge < -0.3 is 4.74 Å². The Kier molecular flexibility index (Phi) is 4.50. The van der Waals surface area contributed by atoms with Gasteiger partial charge in [-0.25, -0.2) is 4.79 Å². The maximum atomic E-state index is 10.4. The van der Waals surface area contributed by atoms with Crippen LogP contribution in [-0.4, -0.2) is 12.6 Å². The lowest BCUT2D eigenvalue weighted by molar-refractivity contribution is -0.136. The van der Waals surface area contributed by atoms with Gasteiger partial charge in [0.15, 0.2) is 0 Å². The van der Waals surface area contributed by atoms with E-state index in [-0.39, 0.29) is 12.6 Å². The summed E-state index contributed by atoms with van der Waals surface area (Å²) >= 11 is 0. The summed E-state index contributed by atoms with van der Waals surface area (Å²) in [5.41, 5.74) is 0. The first kappa shape index (κ1) is 7.95. The molecule has 0 bridgehead atoms. The third kappa shape index (κ3) is 4.81. The van der Waals surface area contributed by atoms with Crippen LogP contribution < -0.4 is 0 Å². The normalized spacial score (nSPS) is 9.44. The molecule has 0 N–H and O–H groups in total. The second-order valence-corrected chi connectivity index (χ2v) is 1.42. The van der Waals surface area contributed by atoms with E-state index in [1.54, 1.807) is 13.0 Å². The number of rotatable bonds is 3. The first-order chi connectivity index (χ1) is 4.31. The fourth-order valence-corrected chi connectivity index (χ4v) is 0.325. The van der Waals surface area contributed by atoms with Gasteiger partial charge in [0.25, 0.3) is 0 Å². The molecular weight excluding hydrogens is 116 g/mol. The molecule has 0 aromatic carbocycles. The number of ether oxygens (including phenoxy) is 1. The van der Waals surface area contributed by atoms with Crippen molar-refractivity contribution in [2.24, 2.45) is 0 Å². The van der Waals surface area contributed by atoms with Gasteiger partial charge in [-0.05, 0) is 6.92 Å². The average molecular weight is 126 g/mol. The zero-order valence-electron chi connectivity index (χ0n) is 5.46. The monoisotopic (exact) mass is 126 g/mol. The van der Waals surface area contributed by atoms with Gasteiger partial charge in [0.2, 0.25) is 0 Å². The third-order valence-electron chi connectivity index (χ3n) is 0.646. The van der Waals surface area contributed by atoms with Gasteiger partial charge in [0.05, 0.1) is 0 Å². The zero-order chi connectivity index (χ0) is 7.11. The van der Waals surface area contributed by atoms with E-state index in [9.17, 15) is 4.79 Å². The van der Waals surface area contributed by atoms with Crippen LogP contribution in [-0.2, 0) is 9.53 Å². The van der Waals surface area contributed by atoms with Gasteiger partial charge >= 0.3 is 5.97 Å². The summed E-state index contributed by atoms with van der Waals surface area (Å²) in [4.78, 5) is 10.4. The van der Waals surface area contributed by atoms with E-state index in [1.165, 1.54) is 12.2 Å². The lowest BCUT2D eigenvalue weighted by atomic mass is 10.5. The van der Waals surface area contributed by atoms with Crippen molar-refractivity contribution < 1.29 is 9.53 Å². The average Bonchev–Trinajstić information content (AvgIpc) is 1.85. The Morgan fingerprint density at radius 2 is 2.44 bits per heavy atom. The summed E-state index contributed by atoms with van der Waals surface area (Å²) in [6, 6.07) is 0. The molecule has 50 valence electrons. The topological polar surface area (TPSA) is 26.3 Å². The summed E-state index contributed by atoms with van der Waals surface area (Å²) in [5.74, 6) is -0.322. The minimum Gasteiger partial charge on any atom is -0.458 e. The number of hydrogen-bond acceptors (Lipinski definition) is 2. The number of esters is 1. The molecule has 0 unspecified atom stereocenters. The summed E-state index contributed by atoms with van der Waals surface area (Å²) in [6.45, 7) is 5.43. The minimum absolute atomic E-state index is 0.281. The number of carbonyl (C=O) groups is 1. The molecule has 0 fully saturated rings. The van der Waals surface area contributed by atoms with Crippen LogP contribution in [0, 0.1) is 0 Å². The molecule has 0 aromatic rings. The zero-order valence-corrected chi connectivity index (χ0v) is 5.46. The Morgan fingerprint density at radius 1 is 1.78 bits per heavy atom. The molecule has 0 aromatic heterocycles. The highest BCUT2D eigenvalue weighted by Crippen LogP contribution is 1.80. The molecule has 9 heavy (non-hydrogen) atoms. The molecule has 0 saturated heterocycles. The predicted molar refractivity (Wildman–Crippen MR) is 36.0 cm³/mol. The van der Waals surface area contributed by atoms with Crippen molar-refractivity contribution >= 4 is 5.97 Å². The van der Waals surface area contributed by atoms with Crippen LogP contribution in [0.15, 0.2) is 24.8 Å². The van der Waals surface area contributed by atoms with Gasteiger partial charge in [0, 0.05) is 6.08 Å². The fraction of sp³-hybridized carbons (Fsp3) is 0.286. The van der Waals surface area contributed by atoms with Crippen molar-refractivity contribution in [2.45, 2.75) is 6.92 Å². The molecule has 0 atom stereocenters. The van der Waals surface area contributed by atoms with Crippen LogP contribution in [0.2, 0.25) is 0 Å². The van der Waals surface area contributed by atoms with E-state index < -0.39 is 0 Å². The second-order valence-electron chi connectivity index (χ2n) is 1.42. The molecule has 2 heteroatoms. The number of hydrogen-bond donors (Lipinski definition) is 0. The first-order valence-electron chi connectivity index (χ1n) is 2.71. The molecule has 0 aliphatic heterocycles. The van der Waals surface area contributed by atoms with Gasteiger partial charge in [-0.2, -0.15) is 0 Å². The number of carbonyl (C=O) groups excluding carboxylic acids is 1. The van der Waals surface area contributed by atoms with Crippen LogP contribution in [0.4, 0.5) is 0 Å². The molecular formula is C7H10O2. The smallest absolute Gasteiger partial charge is 0.330 e. The van der Waals surface area contributed by atoms with E-state index in [0.717, 1.165) is 0 Å². The molecule has 0 aliphatic rings. The van der Waals surface area contributed by atoms with E-state index in [0.29, 0.717) is 0 Å². The van der Waals surface area contributed by atoms with Crippen molar-refractivity contribution in [3.63, 3.8) is 0 Å². The van der Waals surface area contributed by atoms with Crippen LogP contribution in [0.5, 0.6) is 0 Å². The summed E-state index contributed by atoms with van der Waals surface area (Å²) in [6.07, 6.45) is 4.52. The van der Waals surface area contributed by atoms with Crippen molar-refractivity contribution in [3.8, 4) is 0 Å². The Bertz CT molecular complexity index is 125. The highest BCUT2D eigenvalue weighted by Gasteiger charge is 1.89. The molecule has 0 saturated carbocycles. The molecule has 0 amide bonds. The second kappa shape index (κ2) is 5.09. The van der Waals surface area contributed by atoms with Crippen LogP contribution in [0.25, 0.3) is 0 Å². The van der Waals surface area contributed by atoms with Crippen LogP contribution in [0.1, 0.15) is 6.92 Å². The molecule has 0 heterocycles. The Morgan fingerprint density at radius 3 is 2.89 bits per heavy atom. The van der Waals surface area contributed by atoms with E-state index >= 15 is 0 Å². The van der Waals surface area contributed by atoms with Crippen molar-refractivity contribution in [2.75, 3.05) is 6.61 Å². The van der Waals surface area contributed by atoms with Gasteiger partial charge in [-0.1, -0.05) is 18.7 Å². The maximum Gasteiger partial charge on any atom is 0.330 e. The maximum absolute atomic E-state index is 10.4. The summed E-state index contributed by atoms with van der Waals surface area (Å²) in [7, 11) is 0. The fourth-order valence-electron chi connectivity index (χ4n) is 0.325.